The van der Waals surface area contributed by atoms with Gasteiger partial charge >= 0.3 is 0 Å². The fourth-order valence-electron chi connectivity index (χ4n) is 13.0. The Morgan fingerprint density at radius 2 is 0.909 bits per heavy atom. The Morgan fingerprint density at radius 3 is 1.53 bits per heavy atom. The van der Waals surface area contributed by atoms with Gasteiger partial charge in [-0.1, -0.05) is 264 Å². The van der Waals surface area contributed by atoms with Crippen molar-refractivity contribution >= 4 is 146 Å². The van der Waals surface area contributed by atoms with E-state index in [1.54, 1.807) is 0 Å². The molecule has 0 radical (unpaired) electrons. The summed E-state index contributed by atoms with van der Waals surface area (Å²) in [7, 11) is -7.95. The lowest BCUT2D eigenvalue weighted by Crippen LogP contribution is -2.59. The van der Waals surface area contributed by atoms with E-state index in [4.69, 9.17) is 0 Å². The highest BCUT2D eigenvalue weighted by molar-refractivity contribution is 7.04. The van der Waals surface area contributed by atoms with E-state index in [1.165, 1.54) is 136 Å². The van der Waals surface area contributed by atoms with Crippen LogP contribution in [0.3, 0.4) is 0 Å². The number of nitrogens with zero attached hydrogens (tertiary/aromatic N) is 2. The number of para-hydroxylation sites is 2. The number of benzene rings is 12. The van der Waals surface area contributed by atoms with E-state index in [0.717, 1.165) is 0 Å². The lowest BCUT2D eigenvalue weighted by Gasteiger charge is -2.44. The fraction of sp³-hybridized carbons (Fsp3) is 0.155. The van der Waals surface area contributed by atoms with Crippen LogP contribution >= 0.6 is 0 Å². The van der Waals surface area contributed by atoms with Crippen molar-refractivity contribution in [2.24, 2.45) is 0 Å². The van der Waals surface area contributed by atoms with Gasteiger partial charge in [-0.15, -0.1) is 0 Å². The van der Waals surface area contributed by atoms with Crippen LogP contribution in [-0.4, -0.2) is 32.3 Å². The molecule has 0 amide bonds. The zero-order valence-electron chi connectivity index (χ0n) is 46.6. The first kappa shape index (κ1) is 49.3. The zero-order valence-corrected chi connectivity index (χ0v) is 50.6. The first-order valence-corrected chi connectivity index (χ1v) is 41.2. The van der Waals surface area contributed by atoms with Gasteiger partial charge in [-0.3, -0.25) is 0 Å². The minimum Gasteiger partial charge on any atom is -0.309 e. The monoisotopic (exact) mass is 1060 g/mol. The number of anilines is 6. The maximum Gasteiger partial charge on any atom is 0.118 e. The Bertz CT molecular complexity index is 4280. The largest absolute Gasteiger partial charge is 0.309 e. The maximum absolute atomic E-state index is 2.71. The molecular formula is C71H68N2Si4. The van der Waals surface area contributed by atoms with Crippen LogP contribution in [0.15, 0.2) is 212 Å². The van der Waals surface area contributed by atoms with Gasteiger partial charge in [0.1, 0.15) is 8.07 Å². The molecule has 1 aliphatic rings. The van der Waals surface area contributed by atoms with Crippen molar-refractivity contribution in [2.45, 2.75) is 72.0 Å². The summed E-state index contributed by atoms with van der Waals surface area (Å²) in [5, 5.41) is 20.4. The average Bonchev–Trinajstić information content (AvgIpc) is 3.50. The molecule has 0 N–H and O–H groups in total. The molecule has 378 valence electrons. The van der Waals surface area contributed by atoms with Gasteiger partial charge in [0, 0.05) is 43.7 Å². The summed E-state index contributed by atoms with van der Waals surface area (Å²) in [6.07, 6.45) is 0. The van der Waals surface area contributed by atoms with Crippen LogP contribution in [0.2, 0.25) is 72.0 Å². The second kappa shape index (κ2) is 17.9. The van der Waals surface area contributed by atoms with E-state index in [9.17, 15) is 0 Å². The predicted octanol–water partition coefficient (Wildman–Crippen LogP) is 17.9. The van der Waals surface area contributed by atoms with Crippen molar-refractivity contribution < 1.29 is 0 Å². The maximum atomic E-state index is 2.71. The molecule has 0 fully saturated rings. The van der Waals surface area contributed by atoms with E-state index in [2.05, 4.69) is 294 Å². The normalized spacial score (nSPS) is 13.7. The van der Waals surface area contributed by atoms with E-state index >= 15 is 0 Å². The van der Waals surface area contributed by atoms with Gasteiger partial charge in [-0.2, -0.15) is 0 Å². The average molecular weight is 1060 g/mol. The molecule has 12 aromatic rings. The van der Waals surface area contributed by atoms with Gasteiger partial charge in [0.25, 0.3) is 0 Å². The van der Waals surface area contributed by atoms with Crippen molar-refractivity contribution in [1.82, 2.24) is 0 Å². The molecule has 6 heteroatoms. The van der Waals surface area contributed by atoms with Crippen LogP contribution in [-0.2, 0) is 0 Å². The molecule has 13 rings (SSSR count). The summed E-state index contributed by atoms with van der Waals surface area (Å²) in [4.78, 5) is 5.39. The van der Waals surface area contributed by atoms with Gasteiger partial charge in [-0.05, 0) is 89.7 Å². The Hall–Kier alpha value is -7.33. The van der Waals surface area contributed by atoms with Gasteiger partial charge in [0.05, 0.1) is 47.0 Å². The van der Waals surface area contributed by atoms with Crippen LogP contribution < -0.4 is 35.7 Å². The van der Waals surface area contributed by atoms with Crippen LogP contribution in [0.25, 0.3) is 76.1 Å². The standard InChI is InChI=1S/C71H68N2Si4/c1-74(2,3)53-36-32-48-34-42-63(76(7,8)9)68(60(48)44-53)72(51-28-20-14-21-29-51)62-46-59(47-24-16-12-17-25-47)55-38-41-58-67-57(40-39-56(62)66(55)67)65(50-26-18-13-19-27-50)71-70(58)73(52-30-22-15-23-31-52)69-61-45-54(75(4,5)6)37-33-49(61)35-43-64(69)77(71,10)11/h12-46H,1-11H3. The van der Waals surface area contributed by atoms with Crippen LogP contribution in [0.4, 0.5) is 34.1 Å². The quantitative estimate of drug-likeness (QED) is 0.105. The molecule has 0 aliphatic carbocycles. The number of hydrogen-bond acceptors (Lipinski definition) is 2. The Balaban J connectivity index is 1.25. The summed E-state index contributed by atoms with van der Waals surface area (Å²) < 4.78 is 0. The van der Waals surface area contributed by atoms with Crippen molar-refractivity contribution in [3.8, 4) is 22.3 Å². The first-order valence-electron chi connectivity index (χ1n) is 27.7. The topological polar surface area (TPSA) is 6.48 Å². The lowest BCUT2D eigenvalue weighted by atomic mass is 9.85. The molecule has 1 aliphatic heterocycles. The molecule has 0 atom stereocenters. The van der Waals surface area contributed by atoms with E-state index in [0.29, 0.717) is 0 Å². The Labute approximate surface area is 459 Å². The van der Waals surface area contributed by atoms with Crippen LogP contribution in [0.1, 0.15) is 0 Å². The molecular weight excluding hydrogens is 993 g/mol. The van der Waals surface area contributed by atoms with Crippen molar-refractivity contribution in [3.05, 3.63) is 212 Å². The highest BCUT2D eigenvalue weighted by atomic mass is 28.3. The highest BCUT2D eigenvalue weighted by Crippen LogP contribution is 2.54. The van der Waals surface area contributed by atoms with E-state index in [-0.39, 0.29) is 0 Å². The third kappa shape index (κ3) is 7.89. The van der Waals surface area contributed by atoms with Crippen molar-refractivity contribution in [1.29, 1.82) is 0 Å². The zero-order chi connectivity index (χ0) is 53.3. The third-order valence-corrected chi connectivity index (χ3v) is 26.5. The molecule has 0 saturated carbocycles. The molecule has 0 bridgehead atoms. The number of rotatable bonds is 9. The molecule has 1 heterocycles. The Kier molecular flexibility index (Phi) is 11.4. The second-order valence-electron chi connectivity index (χ2n) is 25.4. The summed E-state index contributed by atoms with van der Waals surface area (Å²) in [6, 6.07) is 82.2. The van der Waals surface area contributed by atoms with Gasteiger partial charge < -0.3 is 9.80 Å². The molecule has 0 unspecified atom stereocenters. The van der Waals surface area contributed by atoms with Crippen LogP contribution in [0, 0.1) is 0 Å². The lowest BCUT2D eigenvalue weighted by molar-refractivity contribution is 1.31. The third-order valence-electron chi connectivity index (χ3n) is 16.9. The van der Waals surface area contributed by atoms with Crippen LogP contribution in [0.5, 0.6) is 0 Å². The molecule has 0 aromatic heterocycles. The SMILES string of the molecule is C[Si](C)(C)c1ccc2ccc([Si](C)(C)C)c(N(c3ccccc3)c3cc(-c4ccccc4)c4ccc5c6c(c(-c7ccccc7)c7ccc3c4c75)[Si](C)(C)c3ccc4ccc([Si](C)(C)C)cc4c3N6c3ccccc3)c2c1. The van der Waals surface area contributed by atoms with Crippen molar-refractivity contribution in [3.63, 3.8) is 0 Å². The van der Waals surface area contributed by atoms with Gasteiger partial charge in [0.15, 0.2) is 0 Å². The summed E-state index contributed by atoms with van der Waals surface area (Å²) in [5.74, 6) is 0. The molecule has 77 heavy (non-hydrogen) atoms. The second-order valence-corrected chi connectivity index (χ2v) is 44.8. The van der Waals surface area contributed by atoms with Gasteiger partial charge in [0.2, 0.25) is 0 Å². The van der Waals surface area contributed by atoms with E-state index < -0.39 is 32.3 Å². The van der Waals surface area contributed by atoms with E-state index in [1.807, 2.05) is 0 Å². The molecule has 0 spiro atoms. The predicted molar refractivity (Wildman–Crippen MR) is 351 cm³/mol. The smallest absolute Gasteiger partial charge is 0.118 e. The summed E-state index contributed by atoms with van der Waals surface area (Å²) in [5.41, 5.74) is 12.6. The van der Waals surface area contributed by atoms with Gasteiger partial charge in [-0.25, -0.2) is 0 Å². The summed E-state index contributed by atoms with van der Waals surface area (Å²) >= 11 is 0. The Morgan fingerprint density at radius 1 is 0.403 bits per heavy atom. The minimum absolute atomic E-state index is 1.17. The summed E-state index contributed by atoms with van der Waals surface area (Å²) in [6.45, 7) is 27.7. The minimum atomic E-state index is -2.54. The molecule has 0 saturated heterocycles. The fourth-order valence-corrected chi connectivity index (χ4v) is 20.2. The van der Waals surface area contributed by atoms with Crippen molar-refractivity contribution in [2.75, 3.05) is 9.80 Å². The molecule has 2 nitrogen and oxygen atoms in total. The molecule has 12 aromatic carbocycles. The number of hydrogen-bond donors (Lipinski definition) is 0. The number of fused-ring (bicyclic) bond motifs is 6. The highest BCUT2D eigenvalue weighted by Gasteiger charge is 2.44. The first-order chi connectivity index (χ1) is 36.9.